The van der Waals surface area contributed by atoms with Crippen LogP contribution in [0.15, 0.2) is 42.5 Å². The Morgan fingerprint density at radius 2 is 1.86 bits per heavy atom. The number of carbonyl (C=O) groups is 2. The molecule has 0 bridgehead atoms. The Bertz CT molecular complexity index is 1030. The number of hydrogen-bond acceptors (Lipinski definition) is 4. The van der Waals surface area contributed by atoms with Gasteiger partial charge in [-0.25, -0.2) is 8.42 Å². The lowest BCUT2D eigenvalue weighted by Gasteiger charge is -2.27. The molecule has 1 heterocycles. The Labute approximate surface area is 165 Å². The van der Waals surface area contributed by atoms with Crippen molar-refractivity contribution in [2.45, 2.75) is 32.9 Å². The molecular formula is C21H24N2O4S. The number of anilines is 1. The predicted molar refractivity (Wildman–Crippen MR) is 109 cm³/mol. The van der Waals surface area contributed by atoms with Crippen molar-refractivity contribution in [3.05, 3.63) is 64.7 Å². The van der Waals surface area contributed by atoms with Crippen LogP contribution in [0.2, 0.25) is 0 Å². The van der Waals surface area contributed by atoms with Crippen LogP contribution in [-0.2, 0) is 21.2 Å². The predicted octanol–water partition coefficient (Wildman–Crippen LogP) is 2.70. The van der Waals surface area contributed by atoms with Crippen molar-refractivity contribution >= 4 is 27.3 Å². The third kappa shape index (κ3) is 4.42. The number of amides is 2. The summed E-state index contributed by atoms with van der Waals surface area (Å²) < 4.78 is 23.4. The van der Waals surface area contributed by atoms with Gasteiger partial charge in [0.25, 0.3) is 5.91 Å². The molecule has 0 aliphatic carbocycles. The summed E-state index contributed by atoms with van der Waals surface area (Å²) in [5, 5.41) is 2.84. The highest BCUT2D eigenvalue weighted by atomic mass is 32.2. The van der Waals surface area contributed by atoms with E-state index in [2.05, 4.69) is 5.32 Å². The van der Waals surface area contributed by atoms with Gasteiger partial charge in [-0.1, -0.05) is 24.3 Å². The second-order valence-corrected chi connectivity index (χ2v) is 9.57. The first-order valence-electron chi connectivity index (χ1n) is 9.10. The molecule has 2 aromatic carbocycles. The van der Waals surface area contributed by atoms with Crippen molar-refractivity contribution in [3.63, 3.8) is 0 Å². The highest BCUT2D eigenvalue weighted by molar-refractivity contribution is 7.90. The second-order valence-electron chi connectivity index (χ2n) is 7.31. The lowest BCUT2D eigenvalue weighted by molar-refractivity contribution is -0.120. The fraction of sp³-hybridized carbons (Fsp3) is 0.333. The maximum atomic E-state index is 13.0. The summed E-state index contributed by atoms with van der Waals surface area (Å²) in [4.78, 5) is 27.3. The summed E-state index contributed by atoms with van der Waals surface area (Å²) >= 11 is 0. The molecule has 0 radical (unpaired) electrons. The Kier molecular flexibility index (Phi) is 5.56. The van der Waals surface area contributed by atoms with E-state index in [1.54, 1.807) is 18.2 Å². The number of benzene rings is 2. The normalized spacial score (nSPS) is 14.7. The van der Waals surface area contributed by atoms with Gasteiger partial charge in [0.15, 0.2) is 0 Å². The lowest BCUT2D eigenvalue weighted by atomic mass is 10.1. The number of rotatable bonds is 6. The molecule has 1 aliphatic rings. The van der Waals surface area contributed by atoms with Crippen LogP contribution in [0.4, 0.5) is 5.69 Å². The topological polar surface area (TPSA) is 83.6 Å². The minimum absolute atomic E-state index is 0.0508. The van der Waals surface area contributed by atoms with Gasteiger partial charge in [-0.3, -0.25) is 9.59 Å². The van der Waals surface area contributed by atoms with Gasteiger partial charge in [0.1, 0.15) is 15.9 Å². The lowest BCUT2D eigenvalue weighted by Crippen LogP contribution is -2.45. The molecule has 3 rings (SSSR count). The molecular weight excluding hydrogens is 376 g/mol. The minimum Gasteiger partial charge on any atom is -0.324 e. The molecule has 0 aromatic heterocycles. The Balaban J connectivity index is 1.85. The first-order valence-corrected chi connectivity index (χ1v) is 11.2. The zero-order valence-electron chi connectivity index (χ0n) is 16.2. The highest BCUT2D eigenvalue weighted by Gasteiger charge is 2.36. The standard InChI is InChI=1S/C21H24N2O4S/c1-14-8-9-17(12-15(14)2)22-20(24)19(10-11-28(3,26)27)23-13-16-6-4-5-7-18(16)21(23)25/h4-9,12,19H,10-11,13H2,1-3H3,(H,22,24)/t19-/m1/s1. The van der Waals surface area contributed by atoms with Gasteiger partial charge in [0.05, 0.1) is 5.75 Å². The van der Waals surface area contributed by atoms with Crippen LogP contribution in [0, 0.1) is 13.8 Å². The number of hydrogen-bond donors (Lipinski definition) is 1. The number of aryl methyl sites for hydroxylation is 2. The zero-order chi connectivity index (χ0) is 20.5. The summed E-state index contributed by atoms with van der Waals surface area (Å²) in [6, 6.07) is 11.9. The van der Waals surface area contributed by atoms with Crippen LogP contribution in [0.1, 0.15) is 33.5 Å². The number of sulfone groups is 1. The number of nitrogens with zero attached hydrogens (tertiary/aromatic N) is 1. The van der Waals surface area contributed by atoms with Crippen LogP contribution in [0.5, 0.6) is 0 Å². The largest absolute Gasteiger partial charge is 0.324 e. The van der Waals surface area contributed by atoms with Crippen LogP contribution in [0.3, 0.4) is 0 Å². The van der Waals surface area contributed by atoms with Gasteiger partial charge in [-0.15, -0.1) is 0 Å². The van der Waals surface area contributed by atoms with Gasteiger partial charge in [-0.05, 0) is 55.2 Å². The zero-order valence-corrected chi connectivity index (χ0v) is 17.0. The quantitative estimate of drug-likeness (QED) is 0.808. The molecule has 6 nitrogen and oxygen atoms in total. The van der Waals surface area contributed by atoms with Crippen LogP contribution >= 0.6 is 0 Å². The maximum Gasteiger partial charge on any atom is 0.255 e. The van der Waals surface area contributed by atoms with E-state index in [4.69, 9.17) is 0 Å². The van der Waals surface area contributed by atoms with Crippen LogP contribution in [-0.4, -0.2) is 43.2 Å². The molecule has 2 aromatic rings. The molecule has 28 heavy (non-hydrogen) atoms. The fourth-order valence-electron chi connectivity index (χ4n) is 3.33. The van der Waals surface area contributed by atoms with E-state index in [1.807, 2.05) is 38.1 Å². The van der Waals surface area contributed by atoms with E-state index in [-0.39, 0.29) is 24.0 Å². The second kappa shape index (κ2) is 7.75. The third-order valence-corrected chi connectivity index (χ3v) is 6.04. The molecule has 148 valence electrons. The van der Waals surface area contributed by atoms with Gasteiger partial charge in [0, 0.05) is 24.1 Å². The number of fused-ring (bicyclic) bond motifs is 1. The van der Waals surface area contributed by atoms with Crippen LogP contribution in [0.25, 0.3) is 0 Å². The van der Waals surface area contributed by atoms with Crippen molar-refractivity contribution in [2.75, 3.05) is 17.3 Å². The smallest absolute Gasteiger partial charge is 0.255 e. The summed E-state index contributed by atoms with van der Waals surface area (Å²) in [6.45, 7) is 4.23. The summed E-state index contributed by atoms with van der Waals surface area (Å²) in [5.41, 5.74) is 4.18. The Morgan fingerprint density at radius 1 is 1.14 bits per heavy atom. The van der Waals surface area contributed by atoms with E-state index in [0.29, 0.717) is 17.8 Å². The number of carbonyl (C=O) groups excluding carboxylic acids is 2. The number of nitrogens with one attached hydrogen (secondary N) is 1. The summed E-state index contributed by atoms with van der Waals surface area (Å²) in [7, 11) is -3.27. The molecule has 0 fully saturated rings. The summed E-state index contributed by atoms with van der Waals surface area (Å²) in [6.07, 6.45) is 1.18. The molecule has 1 N–H and O–H groups in total. The molecule has 0 unspecified atom stereocenters. The minimum atomic E-state index is -3.27. The van der Waals surface area contributed by atoms with Crippen molar-refractivity contribution in [3.8, 4) is 0 Å². The van der Waals surface area contributed by atoms with E-state index in [9.17, 15) is 18.0 Å². The SMILES string of the molecule is Cc1ccc(NC(=O)[C@@H](CCS(C)(=O)=O)N2Cc3ccccc3C2=O)cc1C. The monoisotopic (exact) mass is 400 g/mol. The van der Waals surface area contributed by atoms with Crippen molar-refractivity contribution in [1.29, 1.82) is 0 Å². The molecule has 1 aliphatic heterocycles. The van der Waals surface area contributed by atoms with Crippen molar-refractivity contribution in [1.82, 2.24) is 4.90 Å². The van der Waals surface area contributed by atoms with Crippen molar-refractivity contribution in [2.24, 2.45) is 0 Å². The summed E-state index contributed by atoms with van der Waals surface area (Å²) in [5.74, 6) is -0.796. The third-order valence-electron chi connectivity index (χ3n) is 5.06. The first-order chi connectivity index (χ1) is 13.2. The van der Waals surface area contributed by atoms with E-state index >= 15 is 0 Å². The van der Waals surface area contributed by atoms with E-state index < -0.39 is 15.9 Å². The molecule has 0 spiro atoms. The van der Waals surface area contributed by atoms with E-state index in [0.717, 1.165) is 22.9 Å². The van der Waals surface area contributed by atoms with Gasteiger partial charge >= 0.3 is 0 Å². The van der Waals surface area contributed by atoms with Crippen LogP contribution < -0.4 is 5.32 Å². The van der Waals surface area contributed by atoms with Gasteiger partial charge < -0.3 is 10.2 Å². The molecule has 0 saturated carbocycles. The Morgan fingerprint density at radius 3 is 2.50 bits per heavy atom. The average molecular weight is 401 g/mol. The van der Waals surface area contributed by atoms with E-state index in [1.165, 1.54) is 4.90 Å². The average Bonchev–Trinajstić information content (AvgIpc) is 2.94. The Hall–Kier alpha value is -2.67. The first kappa shape index (κ1) is 20.1. The maximum absolute atomic E-state index is 13.0. The van der Waals surface area contributed by atoms with Crippen molar-refractivity contribution < 1.29 is 18.0 Å². The molecule has 1 atom stereocenters. The van der Waals surface area contributed by atoms with Gasteiger partial charge in [-0.2, -0.15) is 0 Å². The highest BCUT2D eigenvalue weighted by Crippen LogP contribution is 2.26. The molecule has 7 heteroatoms. The fourth-order valence-corrected chi connectivity index (χ4v) is 3.98. The molecule has 0 saturated heterocycles. The van der Waals surface area contributed by atoms with Gasteiger partial charge in [0.2, 0.25) is 5.91 Å². The molecule has 2 amide bonds.